The van der Waals surface area contributed by atoms with Gasteiger partial charge in [0.15, 0.2) is 5.96 Å². The predicted octanol–water partition coefficient (Wildman–Crippen LogP) is 3.56. The molecule has 1 saturated heterocycles. The van der Waals surface area contributed by atoms with Crippen LogP contribution >= 0.6 is 11.3 Å². The topological polar surface area (TPSA) is 60.0 Å². The van der Waals surface area contributed by atoms with Crippen LogP contribution in [0, 0.1) is 0 Å². The molecule has 0 saturated carbocycles. The lowest BCUT2D eigenvalue weighted by molar-refractivity contribution is 0.0773. The number of anilines is 1. The Labute approximate surface area is 184 Å². The van der Waals surface area contributed by atoms with Gasteiger partial charge in [0.1, 0.15) is 0 Å². The van der Waals surface area contributed by atoms with Crippen molar-refractivity contribution in [3.63, 3.8) is 0 Å². The van der Waals surface area contributed by atoms with Crippen LogP contribution in [0.2, 0.25) is 0 Å². The third kappa shape index (κ3) is 5.75. The Morgan fingerprint density at radius 1 is 1.17 bits per heavy atom. The molecule has 0 aliphatic carbocycles. The van der Waals surface area contributed by atoms with Gasteiger partial charge >= 0.3 is 0 Å². The summed E-state index contributed by atoms with van der Waals surface area (Å²) in [6, 6.07) is 12.6. The molecule has 1 aliphatic heterocycles. The Kier molecular flexibility index (Phi) is 8.13. The normalized spacial score (nSPS) is 15.2. The predicted molar refractivity (Wildman–Crippen MR) is 127 cm³/mol. The minimum atomic E-state index is 0.0888. The molecule has 3 rings (SSSR count). The van der Waals surface area contributed by atoms with Crippen LogP contribution in [0.5, 0.6) is 0 Å². The number of nitrogens with zero attached hydrogens (tertiary/aromatic N) is 3. The number of thiophene rings is 1. The van der Waals surface area contributed by atoms with Crippen molar-refractivity contribution in [1.29, 1.82) is 0 Å². The lowest BCUT2D eigenvalue weighted by Gasteiger charge is -2.33. The van der Waals surface area contributed by atoms with Crippen molar-refractivity contribution in [2.75, 3.05) is 38.1 Å². The van der Waals surface area contributed by atoms with E-state index < -0.39 is 0 Å². The fourth-order valence-corrected chi connectivity index (χ4v) is 4.51. The summed E-state index contributed by atoms with van der Waals surface area (Å²) < 4.78 is 0. The van der Waals surface area contributed by atoms with E-state index in [1.54, 1.807) is 0 Å². The number of nitrogens with one attached hydrogen (secondary N) is 2. The van der Waals surface area contributed by atoms with E-state index in [4.69, 9.17) is 0 Å². The van der Waals surface area contributed by atoms with Gasteiger partial charge in [-0.1, -0.05) is 12.1 Å². The van der Waals surface area contributed by atoms with Gasteiger partial charge in [-0.2, -0.15) is 0 Å². The van der Waals surface area contributed by atoms with Gasteiger partial charge in [-0.25, -0.2) is 0 Å². The van der Waals surface area contributed by atoms with Crippen LogP contribution < -0.4 is 15.5 Å². The molecule has 1 fully saturated rings. The largest absolute Gasteiger partial charge is 0.363 e. The molecule has 2 aromatic rings. The Balaban J connectivity index is 1.46. The van der Waals surface area contributed by atoms with Crippen molar-refractivity contribution in [2.45, 2.75) is 39.3 Å². The quantitative estimate of drug-likeness (QED) is 0.524. The van der Waals surface area contributed by atoms with Crippen LogP contribution in [0.3, 0.4) is 0 Å². The maximum Gasteiger partial charge on any atom is 0.253 e. The average Bonchev–Trinajstić information content (AvgIpc) is 3.33. The summed E-state index contributed by atoms with van der Waals surface area (Å²) in [5.41, 5.74) is 1.86. The highest BCUT2D eigenvalue weighted by molar-refractivity contribution is 7.14. The molecule has 1 amide bonds. The Hall–Kier alpha value is -2.54. The molecule has 30 heavy (non-hydrogen) atoms. The second kappa shape index (κ2) is 11.0. The van der Waals surface area contributed by atoms with Gasteiger partial charge in [-0.3, -0.25) is 9.79 Å². The van der Waals surface area contributed by atoms with Gasteiger partial charge in [0, 0.05) is 51.4 Å². The van der Waals surface area contributed by atoms with E-state index in [0.717, 1.165) is 56.1 Å². The second-order valence-corrected chi connectivity index (χ2v) is 8.38. The van der Waals surface area contributed by atoms with E-state index in [1.165, 1.54) is 5.00 Å². The zero-order valence-electron chi connectivity index (χ0n) is 18.2. The molecule has 1 aliphatic rings. The Morgan fingerprint density at radius 3 is 2.43 bits per heavy atom. The van der Waals surface area contributed by atoms with Gasteiger partial charge < -0.3 is 20.4 Å². The van der Waals surface area contributed by atoms with Gasteiger partial charge in [-0.15, -0.1) is 11.3 Å². The lowest BCUT2D eigenvalue weighted by Crippen LogP contribution is -2.48. The summed E-state index contributed by atoms with van der Waals surface area (Å²) in [6.07, 6.45) is 2.20. The Bertz CT molecular complexity index is 807. The molecule has 6 nitrogen and oxygen atoms in total. The number of guanidine groups is 1. The zero-order chi connectivity index (χ0) is 21.3. The first-order valence-electron chi connectivity index (χ1n) is 10.8. The van der Waals surface area contributed by atoms with E-state index in [2.05, 4.69) is 38.0 Å². The standard InChI is InChI=1S/C23H33N5OS/c1-4-27(5-2)22(29)19-10-8-18(9-11-19)17-25-23(24-3)26-20-12-14-28(15-13-20)21-7-6-16-30-21/h6-11,16,20H,4-5,12-15,17H2,1-3H3,(H2,24,25,26). The van der Waals surface area contributed by atoms with Crippen molar-refractivity contribution in [3.05, 3.63) is 52.9 Å². The zero-order valence-corrected chi connectivity index (χ0v) is 19.0. The number of piperidine rings is 1. The highest BCUT2D eigenvalue weighted by atomic mass is 32.1. The van der Waals surface area contributed by atoms with Crippen molar-refractivity contribution < 1.29 is 4.79 Å². The van der Waals surface area contributed by atoms with Crippen LogP contribution in [0.15, 0.2) is 46.8 Å². The highest BCUT2D eigenvalue weighted by Gasteiger charge is 2.20. The Morgan fingerprint density at radius 2 is 1.87 bits per heavy atom. The summed E-state index contributed by atoms with van der Waals surface area (Å²) >= 11 is 1.81. The number of carbonyl (C=O) groups is 1. The van der Waals surface area contributed by atoms with E-state index in [0.29, 0.717) is 12.6 Å². The van der Waals surface area contributed by atoms with E-state index in [-0.39, 0.29) is 5.91 Å². The molecule has 0 spiro atoms. The van der Waals surface area contributed by atoms with E-state index in [9.17, 15) is 4.79 Å². The van der Waals surface area contributed by atoms with Crippen LogP contribution in [0.4, 0.5) is 5.00 Å². The molecule has 7 heteroatoms. The summed E-state index contributed by atoms with van der Waals surface area (Å²) in [6.45, 7) is 8.27. The molecule has 1 aromatic heterocycles. The number of hydrogen-bond acceptors (Lipinski definition) is 4. The summed E-state index contributed by atoms with van der Waals surface area (Å²) in [7, 11) is 1.81. The first-order chi connectivity index (χ1) is 14.6. The molecular weight excluding hydrogens is 394 g/mol. The van der Waals surface area contributed by atoms with Gasteiger partial charge in [0.25, 0.3) is 5.91 Å². The van der Waals surface area contributed by atoms with E-state index >= 15 is 0 Å². The van der Waals surface area contributed by atoms with Gasteiger partial charge in [-0.05, 0) is 61.9 Å². The van der Waals surface area contributed by atoms with Crippen LogP contribution in [-0.4, -0.2) is 56.0 Å². The van der Waals surface area contributed by atoms with Crippen molar-refractivity contribution >= 4 is 28.2 Å². The molecule has 0 atom stereocenters. The summed E-state index contributed by atoms with van der Waals surface area (Å²) in [5, 5.41) is 10.5. The number of rotatable bonds is 7. The minimum absolute atomic E-state index is 0.0888. The lowest BCUT2D eigenvalue weighted by atomic mass is 10.1. The molecular formula is C23H33N5OS. The number of hydrogen-bond donors (Lipinski definition) is 2. The second-order valence-electron chi connectivity index (χ2n) is 7.46. The van der Waals surface area contributed by atoms with Gasteiger partial charge in [0.05, 0.1) is 5.00 Å². The minimum Gasteiger partial charge on any atom is -0.363 e. The number of benzene rings is 1. The smallest absolute Gasteiger partial charge is 0.253 e. The van der Waals surface area contributed by atoms with Crippen molar-refractivity contribution in [3.8, 4) is 0 Å². The van der Waals surface area contributed by atoms with Crippen LogP contribution in [-0.2, 0) is 6.54 Å². The van der Waals surface area contributed by atoms with E-state index in [1.807, 2.05) is 61.4 Å². The molecule has 2 heterocycles. The van der Waals surface area contributed by atoms with Crippen LogP contribution in [0.25, 0.3) is 0 Å². The highest BCUT2D eigenvalue weighted by Crippen LogP contribution is 2.24. The third-order valence-electron chi connectivity index (χ3n) is 5.59. The summed E-state index contributed by atoms with van der Waals surface area (Å²) in [5.74, 6) is 0.916. The number of carbonyl (C=O) groups excluding carboxylic acids is 1. The van der Waals surface area contributed by atoms with Gasteiger partial charge in [0.2, 0.25) is 0 Å². The maximum atomic E-state index is 12.4. The molecule has 0 bridgehead atoms. The first kappa shape index (κ1) is 22.2. The first-order valence-corrected chi connectivity index (χ1v) is 11.7. The monoisotopic (exact) mass is 427 g/mol. The van der Waals surface area contributed by atoms with Crippen LogP contribution in [0.1, 0.15) is 42.6 Å². The van der Waals surface area contributed by atoms with Crippen molar-refractivity contribution in [2.24, 2.45) is 4.99 Å². The maximum absolute atomic E-state index is 12.4. The fourth-order valence-electron chi connectivity index (χ4n) is 3.73. The number of amides is 1. The summed E-state index contributed by atoms with van der Waals surface area (Å²) in [4.78, 5) is 21.1. The molecule has 162 valence electrons. The fraction of sp³-hybridized carbons (Fsp3) is 0.478. The number of aliphatic imine (C=N–C) groups is 1. The van der Waals surface area contributed by atoms with Crippen molar-refractivity contribution in [1.82, 2.24) is 15.5 Å². The molecule has 0 radical (unpaired) electrons. The average molecular weight is 428 g/mol. The third-order valence-corrected chi connectivity index (χ3v) is 6.52. The SMILES string of the molecule is CCN(CC)C(=O)c1ccc(CNC(=NC)NC2CCN(c3cccs3)CC2)cc1. The molecule has 0 unspecified atom stereocenters. The molecule has 2 N–H and O–H groups in total. The molecule has 1 aromatic carbocycles.